The van der Waals surface area contributed by atoms with Gasteiger partial charge in [0.15, 0.2) is 0 Å². The number of hydrogen-bond acceptors (Lipinski definition) is 3. The van der Waals surface area contributed by atoms with Crippen LogP contribution in [-0.2, 0) is 4.74 Å². The van der Waals surface area contributed by atoms with Crippen LogP contribution in [0.1, 0.15) is 5.56 Å². The van der Waals surface area contributed by atoms with Crippen molar-refractivity contribution in [3.63, 3.8) is 0 Å². The number of anilines is 1. The van der Waals surface area contributed by atoms with Crippen LogP contribution in [0.15, 0.2) is 24.3 Å². The highest BCUT2D eigenvalue weighted by atomic mass is 16.5. The highest BCUT2D eigenvalue weighted by Gasteiger charge is 2.21. The van der Waals surface area contributed by atoms with Gasteiger partial charge in [-0.05, 0) is 24.6 Å². The van der Waals surface area contributed by atoms with Gasteiger partial charge in [0.25, 0.3) is 0 Å². The first-order valence-electron chi connectivity index (χ1n) is 5.84. The summed E-state index contributed by atoms with van der Waals surface area (Å²) in [6.07, 6.45) is 0. The van der Waals surface area contributed by atoms with Gasteiger partial charge >= 0.3 is 0 Å². The van der Waals surface area contributed by atoms with E-state index in [2.05, 4.69) is 41.4 Å². The van der Waals surface area contributed by atoms with Crippen LogP contribution in [0.5, 0.6) is 0 Å². The van der Waals surface area contributed by atoms with Gasteiger partial charge in [0.2, 0.25) is 0 Å². The molecule has 1 atom stereocenters. The first-order chi connectivity index (χ1) is 7.81. The number of aryl methyl sites for hydroxylation is 1. The van der Waals surface area contributed by atoms with E-state index in [9.17, 15) is 0 Å². The summed E-state index contributed by atoms with van der Waals surface area (Å²) in [6, 6.07) is 9.13. The van der Waals surface area contributed by atoms with Crippen LogP contribution in [0.25, 0.3) is 0 Å². The third-order valence-corrected chi connectivity index (χ3v) is 3.04. The Kier molecular flexibility index (Phi) is 3.80. The van der Waals surface area contributed by atoms with E-state index in [0.717, 1.165) is 26.2 Å². The topological polar surface area (TPSA) is 24.5 Å². The third-order valence-electron chi connectivity index (χ3n) is 3.04. The number of benzene rings is 1. The first kappa shape index (κ1) is 11.4. The molecule has 1 heterocycles. The minimum absolute atomic E-state index is 0.445. The average molecular weight is 220 g/mol. The molecule has 0 aromatic heterocycles. The van der Waals surface area contributed by atoms with Crippen LogP contribution in [0.3, 0.4) is 0 Å². The van der Waals surface area contributed by atoms with Gasteiger partial charge in [-0.3, -0.25) is 0 Å². The van der Waals surface area contributed by atoms with Crippen LogP contribution in [0, 0.1) is 6.92 Å². The molecular weight excluding hydrogens is 200 g/mol. The van der Waals surface area contributed by atoms with E-state index >= 15 is 0 Å². The minimum atomic E-state index is 0.445. The fourth-order valence-corrected chi connectivity index (χ4v) is 2.25. The smallest absolute Gasteiger partial charge is 0.0678 e. The van der Waals surface area contributed by atoms with Crippen molar-refractivity contribution in [1.29, 1.82) is 0 Å². The lowest BCUT2D eigenvalue weighted by atomic mass is 10.1. The monoisotopic (exact) mass is 220 g/mol. The van der Waals surface area contributed by atoms with Gasteiger partial charge in [0.1, 0.15) is 0 Å². The Morgan fingerprint density at radius 3 is 3.12 bits per heavy atom. The summed E-state index contributed by atoms with van der Waals surface area (Å²) in [6.45, 7) is 6.02. The van der Waals surface area contributed by atoms with E-state index in [4.69, 9.17) is 4.74 Å². The fourth-order valence-electron chi connectivity index (χ4n) is 2.25. The number of ether oxygens (including phenoxy) is 1. The Bertz CT molecular complexity index is 338. The summed E-state index contributed by atoms with van der Waals surface area (Å²) in [5, 5.41) is 3.41. The molecule has 1 saturated heterocycles. The molecule has 0 amide bonds. The Balaban J connectivity index is 2.16. The van der Waals surface area contributed by atoms with Gasteiger partial charge in [-0.25, -0.2) is 0 Å². The van der Waals surface area contributed by atoms with Crippen molar-refractivity contribution < 1.29 is 4.74 Å². The molecule has 16 heavy (non-hydrogen) atoms. The second kappa shape index (κ2) is 5.32. The predicted molar refractivity (Wildman–Crippen MR) is 67.1 cm³/mol. The molecule has 3 nitrogen and oxygen atoms in total. The van der Waals surface area contributed by atoms with Crippen LogP contribution in [0.4, 0.5) is 5.69 Å². The summed E-state index contributed by atoms with van der Waals surface area (Å²) >= 11 is 0. The highest BCUT2D eigenvalue weighted by molar-refractivity contribution is 5.50. The lowest BCUT2D eigenvalue weighted by Gasteiger charge is -2.37. The van der Waals surface area contributed by atoms with Crippen molar-refractivity contribution >= 4 is 5.69 Å². The maximum absolute atomic E-state index is 5.28. The Morgan fingerprint density at radius 2 is 2.38 bits per heavy atom. The zero-order chi connectivity index (χ0) is 11.4. The van der Waals surface area contributed by atoms with Crippen molar-refractivity contribution in [1.82, 2.24) is 5.32 Å². The van der Waals surface area contributed by atoms with Gasteiger partial charge in [-0.15, -0.1) is 0 Å². The molecule has 1 unspecified atom stereocenters. The van der Waals surface area contributed by atoms with Crippen molar-refractivity contribution in [2.45, 2.75) is 13.0 Å². The van der Waals surface area contributed by atoms with E-state index in [0.29, 0.717) is 6.04 Å². The van der Waals surface area contributed by atoms with E-state index in [1.165, 1.54) is 11.3 Å². The van der Waals surface area contributed by atoms with E-state index in [1.807, 2.05) is 0 Å². The molecule has 1 aliphatic heterocycles. The molecule has 0 aliphatic carbocycles. The Morgan fingerprint density at radius 1 is 1.50 bits per heavy atom. The maximum atomic E-state index is 5.28. The molecule has 1 fully saturated rings. The van der Waals surface area contributed by atoms with Crippen molar-refractivity contribution in [2.75, 3.05) is 38.3 Å². The number of methoxy groups -OCH3 is 1. The van der Waals surface area contributed by atoms with Crippen molar-refractivity contribution in [2.24, 2.45) is 0 Å². The molecule has 0 saturated carbocycles. The van der Waals surface area contributed by atoms with Crippen molar-refractivity contribution in [3.05, 3.63) is 29.8 Å². The number of piperazine rings is 1. The number of nitrogens with one attached hydrogen (secondary N) is 1. The predicted octanol–water partition coefficient (Wildman–Crippen LogP) is 1.42. The zero-order valence-electron chi connectivity index (χ0n) is 10.1. The average Bonchev–Trinajstić information content (AvgIpc) is 2.30. The molecule has 2 rings (SSSR count). The highest BCUT2D eigenvalue weighted by Crippen LogP contribution is 2.19. The molecule has 88 valence electrons. The summed E-state index contributed by atoms with van der Waals surface area (Å²) in [7, 11) is 1.77. The molecular formula is C13H20N2O. The molecule has 1 N–H and O–H groups in total. The van der Waals surface area contributed by atoms with E-state index < -0.39 is 0 Å². The van der Waals surface area contributed by atoms with Gasteiger partial charge in [0.05, 0.1) is 12.6 Å². The zero-order valence-corrected chi connectivity index (χ0v) is 10.1. The van der Waals surface area contributed by atoms with Crippen LogP contribution >= 0.6 is 0 Å². The summed E-state index contributed by atoms with van der Waals surface area (Å²) in [5.74, 6) is 0. The van der Waals surface area contributed by atoms with Crippen LogP contribution in [-0.4, -0.2) is 39.4 Å². The number of nitrogens with zero attached hydrogens (tertiary/aromatic N) is 1. The van der Waals surface area contributed by atoms with Crippen LogP contribution in [0.2, 0.25) is 0 Å². The molecule has 1 aromatic rings. The van der Waals surface area contributed by atoms with Gasteiger partial charge in [0, 0.05) is 32.4 Å². The van der Waals surface area contributed by atoms with E-state index in [1.54, 1.807) is 7.11 Å². The van der Waals surface area contributed by atoms with Crippen LogP contribution < -0.4 is 10.2 Å². The van der Waals surface area contributed by atoms with Gasteiger partial charge in [-0.2, -0.15) is 0 Å². The second-order valence-electron chi connectivity index (χ2n) is 4.35. The normalized spacial score (nSPS) is 21.1. The van der Waals surface area contributed by atoms with E-state index in [-0.39, 0.29) is 0 Å². The summed E-state index contributed by atoms with van der Waals surface area (Å²) < 4.78 is 5.28. The lowest BCUT2D eigenvalue weighted by molar-refractivity contribution is 0.170. The molecule has 0 radical (unpaired) electrons. The standard InChI is InChI=1S/C13H20N2O/c1-11-4-3-5-12(8-11)15-7-6-14-9-13(15)10-16-2/h3-5,8,13-14H,6-7,9-10H2,1-2H3. The Hall–Kier alpha value is -1.06. The maximum Gasteiger partial charge on any atom is 0.0678 e. The number of hydrogen-bond donors (Lipinski definition) is 1. The largest absolute Gasteiger partial charge is 0.383 e. The molecule has 3 heteroatoms. The second-order valence-corrected chi connectivity index (χ2v) is 4.35. The molecule has 1 aromatic carbocycles. The third kappa shape index (κ3) is 2.54. The van der Waals surface area contributed by atoms with Gasteiger partial charge < -0.3 is 15.0 Å². The molecule has 0 spiro atoms. The fraction of sp³-hybridized carbons (Fsp3) is 0.538. The molecule has 1 aliphatic rings. The SMILES string of the molecule is COCC1CNCCN1c1cccc(C)c1. The minimum Gasteiger partial charge on any atom is -0.383 e. The first-order valence-corrected chi connectivity index (χ1v) is 5.84. The Labute approximate surface area is 97.4 Å². The quantitative estimate of drug-likeness (QED) is 0.834. The lowest BCUT2D eigenvalue weighted by Crippen LogP contribution is -2.53. The number of rotatable bonds is 3. The molecule has 0 bridgehead atoms. The van der Waals surface area contributed by atoms with Gasteiger partial charge in [-0.1, -0.05) is 12.1 Å². The van der Waals surface area contributed by atoms with Crippen molar-refractivity contribution in [3.8, 4) is 0 Å². The summed E-state index contributed by atoms with van der Waals surface area (Å²) in [5.41, 5.74) is 2.62. The summed E-state index contributed by atoms with van der Waals surface area (Å²) in [4.78, 5) is 2.44.